The highest BCUT2D eigenvalue weighted by atomic mass is 79.9. The molecule has 1 N–H and O–H groups in total. The van der Waals surface area contributed by atoms with Gasteiger partial charge < -0.3 is 9.73 Å². The van der Waals surface area contributed by atoms with E-state index in [1.807, 2.05) is 12.1 Å². The number of hydrogen-bond acceptors (Lipinski definition) is 6. The largest absolute Gasteiger partial charge is 0.422 e. The van der Waals surface area contributed by atoms with Crippen LogP contribution in [-0.4, -0.2) is 4.98 Å². The van der Waals surface area contributed by atoms with Gasteiger partial charge in [0, 0.05) is 21.4 Å². The van der Waals surface area contributed by atoms with Crippen molar-refractivity contribution in [2.75, 3.05) is 5.32 Å². The number of rotatable bonds is 4. The molecular weight excluding hydrogens is 457 g/mol. The first-order chi connectivity index (χ1) is 14.0. The molecule has 0 aliphatic rings. The number of fused-ring (bicyclic) bond motifs is 1. The quantitative estimate of drug-likeness (QED) is 0.303. The van der Waals surface area contributed by atoms with E-state index in [0.29, 0.717) is 21.8 Å². The Morgan fingerprint density at radius 3 is 2.90 bits per heavy atom. The zero-order valence-corrected chi connectivity index (χ0v) is 17.1. The van der Waals surface area contributed by atoms with Crippen LogP contribution >= 0.6 is 27.3 Å². The monoisotopic (exact) mass is 467 g/mol. The second-order valence-electron chi connectivity index (χ2n) is 5.96. The third-order valence-corrected chi connectivity index (χ3v) is 5.44. The van der Waals surface area contributed by atoms with Crippen molar-refractivity contribution in [3.8, 4) is 17.3 Å². The summed E-state index contributed by atoms with van der Waals surface area (Å²) >= 11 is 4.60. The van der Waals surface area contributed by atoms with Gasteiger partial charge >= 0.3 is 5.63 Å². The first-order valence-corrected chi connectivity index (χ1v) is 10.0. The molecule has 0 bridgehead atoms. The highest BCUT2D eigenvalue weighted by Crippen LogP contribution is 2.27. The van der Waals surface area contributed by atoms with E-state index in [2.05, 4.69) is 26.2 Å². The van der Waals surface area contributed by atoms with Crippen molar-refractivity contribution in [1.29, 1.82) is 5.26 Å². The number of para-hydroxylation sites is 1. The van der Waals surface area contributed by atoms with E-state index in [4.69, 9.17) is 4.42 Å². The zero-order valence-electron chi connectivity index (χ0n) is 14.6. The summed E-state index contributed by atoms with van der Waals surface area (Å²) in [6.07, 6.45) is 1.39. The average molecular weight is 468 g/mol. The second-order valence-corrected chi connectivity index (χ2v) is 7.74. The topological polar surface area (TPSA) is 78.9 Å². The Bertz CT molecular complexity index is 1350. The molecule has 2 aromatic carbocycles. The van der Waals surface area contributed by atoms with Crippen molar-refractivity contribution < 1.29 is 8.81 Å². The second kappa shape index (κ2) is 7.99. The average Bonchev–Trinajstić information content (AvgIpc) is 3.19. The van der Waals surface area contributed by atoms with Gasteiger partial charge in [-0.3, -0.25) is 0 Å². The maximum Gasteiger partial charge on any atom is 0.345 e. The van der Waals surface area contributed by atoms with Crippen LogP contribution in [0.5, 0.6) is 0 Å². The molecule has 0 atom stereocenters. The third kappa shape index (κ3) is 3.97. The molecule has 0 aliphatic heterocycles. The molecule has 2 aromatic heterocycles. The predicted octanol–water partition coefficient (Wildman–Crippen LogP) is 5.79. The molecule has 0 fully saturated rings. The van der Waals surface area contributed by atoms with Crippen LogP contribution < -0.4 is 10.9 Å². The van der Waals surface area contributed by atoms with Gasteiger partial charge in [-0.05, 0) is 36.4 Å². The summed E-state index contributed by atoms with van der Waals surface area (Å²) in [5.74, 6) is -0.430. The van der Waals surface area contributed by atoms with Crippen LogP contribution in [0.1, 0.15) is 5.01 Å². The summed E-state index contributed by atoms with van der Waals surface area (Å²) in [6.45, 7) is 0. The van der Waals surface area contributed by atoms with Gasteiger partial charge in [-0.1, -0.05) is 28.1 Å². The Balaban J connectivity index is 1.69. The lowest BCUT2D eigenvalue weighted by Gasteiger charge is -2.02. The Morgan fingerprint density at radius 1 is 1.28 bits per heavy atom. The van der Waals surface area contributed by atoms with Gasteiger partial charge in [0.25, 0.3) is 0 Å². The van der Waals surface area contributed by atoms with Crippen molar-refractivity contribution in [2.45, 2.75) is 0 Å². The molecule has 4 aromatic rings. The first-order valence-electron chi connectivity index (χ1n) is 8.36. The maximum atomic E-state index is 13.7. The molecule has 2 heterocycles. The zero-order chi connectivity index (χ0) is 20.4. The van der Waals surface area contributed by atoms with Crippen LogP contribution in [0.15, 0.2) is 73.8 Å². The van der Waals surface area contributed by atoms with E-state index in [9.17, 15) is 14.4 Å². The lowest BCUT2D eigenvalue weighted by Crippen LogP contribution is -2.03. The summed E-state index contributed by atoms with van der Waals surface area (Å²) in [6, 6.07) is 15.2. The van der Waals surface area contributed by atoms with E-state index in [0.717, 1.165) is 9.86 Å². The fourth-order valence-electron chi connectivity index (χ4n) is 2.66. The molecule has 142 valence electrons. The maximum absolute atomic E-state index is 13.7. The number of allylic oxidation sites excluding steroid dienone is 1. The van der Waals surface area contributed by atoms with Crippen LogP contribution in [0.2, 0.25) is 0 Å². The minimum absolute atomic E-state index is 0.220. The van der Waals surface area contributed by atoms with Crippen LogP contribution in [0.25, 0.3) is 27.8 Å². The number of anilines is 1. The van der Waals surface area contributed by atoms with Crippen molar-refractivity contribution in [1.82, 2.24) is 4.98 Å². The number of hydrogen-bond donors (Lipinski definition) is 1. The Labute approximate surface area is 176 Å². The first kappa shape index (κ1) is 19.1. The fraction of sp³-hybridized carbons (Fsp3) is 0. The van der Waals surface area contributed by atoms with Crippen molar-refractivity contribution in [3.05, 3.63) is 85.8 Å². The van der Waals surface area contributed by atoms with Crippen molar-refractivity contribution in [3.63, 3.8) is 0 Å². The smallest absolute Gasteiger partial charge is 0.345 e. The molecule has 29 heavy (non-hydrogen) atoms. The number of nitrogens with one attached hydrogen (secondary N) is 1. The number of halogens is 2. The SMILES string of the molecule is N#C/C(=C\Nc1ccccc1F)c1nc(-c2cc3cc(Br)ccc3oc2=O)cs1. The molecule has 0 saturated heterocycles. The Kier molecular flexibility index (Phi) is 5.25. The molecular formula is C21H11BrFN3O2S. The van der Waals surface area contributed by atoms with Crippen LogP contribution in [0, 0.1) is 17.1 Å². The number of benzene rings is 2. The van der Waals surface area contributed by atoms with Gasteiger partial charge in [0.2, 0.25) is 0 Å². The Hall–Kier alpha value is -3.28. The fourth-order valence-corrected chi connectivity index (χ4v) is 3.83. The highest BCUT2D eigenvalue weighted by Gasteiger charge is 2.14. The molecule has 8 heteroatoms. The number of thiazole rings is 1. The molecule has 0 unspecified atom stereocenters. The Morgan fingerprint density at radius 2 is 2.10 bits per heavy atom. The summed E-state index contributed by atoms with van der Waals surface area (Å²) in [5, 5.41) is 15.1. The molecule has 5 nitrogen and oxygen atoms in total. The van der Waals surface area contributed by atoms with Gasteiger partial charge in [-0.2, -0.15) is 5.26 Å². The van der Waals surface area contributed by atoms with Gasteiger partial charge in [-0.25, -0.2) is 14.2 Å². The van der Waals surface area contributed by atoms with Crippen LogP contribution in [-0.2, 0) is 0 Å². The molecule has 0 amide bonds. The summed E-state index contributed by atoms with van der Waals surface area (Å²) in [5.41, 5.74) is 1.15. The van der Waals surface area contributed by atoms with Crippen molar-refractivity contribution in [2.24, 2.45) is 0 Å². The standard InChI is InChI=1S/C21H11BrFN3O2S/c22-14-5-6-19-12(7-14)8-15(21(27)28-19)18-11-29-20(26-18)13(9-24)10-25-17-4-2-1-3-16(17)23/h1-8,10-11,25H/b13-10+. The van der Waals surface area contributed by atoms with Gasteiger partial charge in [0.1, 0.15) is 28.1 Å². The minimum atomic E-state index is -0.511. The number of aromatic nitrogens is 1. The normalized spacial score (nSPS) is 11.4. The summed E-state index contributed by atoms with van der Waals surface area (Å²) in [7, 11) is 0. The van der Waals surface area contributed by atoms with E-state index >= 15 is 0 Å². The number of nitrogens with zero attached hydrogens (tertiary/aromatic N) is 2. The van der Waals surface area contributed by atoms with Gasteiger partial charge in [-0.15, -0.1) is 11.3 Å². The number of nitriles is 1. The van der Waals surface area contributed by atoms with Crippen LogP contribution in [0.4, 0.5) is 10.1 Å². The summed E-state index contributed by atoms with van der Waals surface area (Å²) in [4.78, 5) is 16.8. The predicted molar refractivity (Wildman–Crippen MR) is 115 cm³/mol. The highest BCUT2D eigenvalue weighted by molar-refractivity contribution is 9.10. The molecule has 4 rings (SSSR count). The molecule has 0 saturated carbocycles. The molecule has 0 radical (unpaired) electrons. The van der Waals surface area contributed by atoms with E-state index in [1.165, 1.54) is 23.6 Å². The molecule has 0 spiro atoms. The third-order valence-electron chi connectivity index (χ3n) is 4.07. The van der Waals surface area contributed by atoms with E-state index in [-0.39, 0.29) is 11.3 Å². The van der Waals surface area contributed by atoms with E-state index < -0.39 is 11.4 Å². The van der Waals surface area contributed by atoms with Crippen LogP contribution in [0.3, 0.4) is 0 Å². The minimum Gasteiger partial charge on any atom is -0.422 e. The lowest BCUT2D eigenvalue weighted by molar-refractivity contribution is 0.563. The van der Waals surface area contributed by atoms with E-state index in [1.54, 1.807) is 41.8 Å². The van der Waals surface area contributed by atoms with Gasteiger partial charge in [0.15, 0.2) is 0 Å². The lowest BCUT2D eigenvalue weighted by atomic mass is 10.1. The van der Waals surface area contributed by atoms with Gasteiger partial charge in [0.05, 0.1) is 16.9 Å². The summed E-state index contributed by atoms with van der Waals surface area (Å²) < 4.78 is 20.0. The molecule has 0 aliphatic carbocycles. The van der Waals surface area contributed by atoms with Crippen molar-refractivity contribution >= 4 is 49.5 Å².